The first-order valence-corrected chi connectivity index (χ1v) is 6.61. The molecule has 0 aromatic rings. The maximum absolute atomic E-state index is 12.2. The van der Waals surface area contributed by atoms with Crippen molar-refractivity contribution in [1.29, 1.82) is 0 Å². The van der Waals surface area contributed by atoms with Crippen LogP contribution in [0.5, 0.6) is 0 Å². The molecular weight excluding hydrogens is 216 g/mol. The van der Waals surface area contributed by atoms with Crippen LogP contribution in [0.1, 0.15) is 45.4 Å². The summed E-state index contributed by atoms with van der Waals surface area (Å²) in [6.45, 7) is 2.62. The highest BCUT2D eigenvalue weighted by Gasteiger charge is 2.44. The van der Waals surface area contributed by atoms with Gasteiger partial charge in [-0.2, -0.15) is 0 Å². The van der Waals surface area contributed by atoms with Crippen molar-refractivity contribution in [3.05, 3.63) is 0 Å². The fourth-order valence-corrected chi connectivity index (χ4v) is 2.94. The van der Waals surface area contributed by atoms with Crippen molar-refractivity contribution in [1.82, 2.24) is 5.32 Å². The van der Waals surface area contributed by atoms with Gasteiger partial charge in [0.15, 0.2) is 0 Å². The zero-order valence-corrected chi connectivity index (χ0v) is 10.9. The van der Waals surface area contributed by atoms with Gasteiger partial charge >= 0.3 is 0 Å². The van der Waals surface area contributed by atoms with E-state index >= 15 is 0 Å². The lowest BCUT2D eigenvalue weighted by molar-refractivity contribution is -0.134. The molecule has 2 rings (SSSR count). The van der Waals surface area contributed by atoms with Crippen LogP contribution in [0.15, 0.2) is 0 Å². The first-order valence-electron chi connectivity index (χ1n) is 6.61. The summed E-state index contributed by atoms with van der Waals surface area (Å²) in [6, 6.07) is 0.00221. The lowest BCUT2D eigenvalue weighted by Gasteiger charge is -2.41. The van der Waals surface area contributed by atoms with E-state index in [9.17, 15) is 4.79 Å². The molecule has 2 aliphatic carbocycles. The summed E-state index contributed by atoms with van der Waals surface area (Å²) in [5.41, 5.74) is 5.56. The summed E-state index contributed by atoms with van der Waals surface area (Å²) in [4.78, 5) is 12.2. The van der Waals surface area contributed by atoms with Gasteiger partial charge in [0.2, 0.25) is 5.91 Å². The molecule has 2 fully saturated rings. The van der Waals surface area contributed by atoms with E-state index in [1.54, 1.807) is 7.11 Å². The lowest BCUT2D eigenvalue weighted by atomic mass is 9.79. The third-order valence-electron chi connectivity index (χ3n) is 4.82. The lowest BCUT2D eigenvalue weighted by Crippen LogP contribution is -2.54. The monoisotopic (exact) mass is 240 g/mol. The van der Waals surface area contributed by atoms with Gasteiger partial charge in [0.05, 0.1) is 11.0 Å². The van der Waals surface area contributed by atoms with E-state index in [-0.39, 0.29) is 23.0 Å². The fourth-order valence-electron chi connectivity index (χ4n) is 2.94. The largest absolute Gasteiger partial charge is 0.376 e. The number of nitrogens with one attached hydrogen (secondary N) is 1. The summed E-state index contributed by atoms with van der Waals surface area (Å²) >= 11 is 0. The first kappa shape index (κ1) is 12.8. The Bertz CT molecular complexity index is 296. The molecular formula is C13H24N2O2. The highest BCUT2D eigenvalue weighted by molar-refractivity contribution is 5.83. The van der Waals surface area contributed by atoms with E-state index in [1.165, 1.54) is 6.42 Å². The van der Waals surface area contributed by atoms with Gasteiger partial charge in [-0.25, -0.2) is 0 Å². The minimum Gasteiger partial charge on any atom is -0.376 e. The van der Waals surface area contributed by atoms with Gasteiger partial charge in [0.25, 0.3) is 0 Å². The second-order valence-corrected chi connectivity index (χ2v) is 5.84. The van der Waals surface area contributed by atoms with Crippen LogP contribution in [0.3, 0.4) is 0 Å². The third-order valence-corrected chi connectivity index (χ3v) is 4.82. The normalized spacial score (nSPS) is 35.4. The van der Waals surface area contributed by atoms with Gasteiger partial charge < -0.3 is 15.8 Å². The smallest absolute Gasteiger partial charge is 0.227 e. The van der Waals surface area contributed by atoms with Gasteiger partial charge in [-0.3, -0.25) is 4.79 Å². The molecule has 0 aliphatic heterocycles. The molecule has 2 unspecified atom stereocenters. The molecule has 0 spiro atoms. The number of carbonyl (C=O) groups excluding carboxylic acids is 1. The molecule has 0 saturated heterocycles. The molecule has 0 bridgehead atoms. The van der Waals surface area contributed by atoms with Gasteiger partial charge in [-0.1, -0.05) is 6.42 Å². The van der Waals surface area contributed by atoms with E-state index in [0.29, 0.717) is 6.54 Å². The van der Waals surface area contributed by atoms with Crippen LogP contribution in [0.2, 0.25) is 0 Å². The molecule has 0 aromatic heterocycles. The highest BCUT2D eigenvalue weighted by Crippen LogP contribution is 2.38. The predicted molar refractivity (Wildman–Crippen MR) is 66.5 cm³/mol. The quantitative estimate of drug-likeness (QED) is 0.776. The van der Waals surface area contributed by atoms with Gasteiger partial charge in [0.1, 0.15) is 0 Å². The van der Waals surface area contributed by atoms with Gasteiger partial charge in [-0.05, 0) is 39.0 Å². The Morgan fingerprint density at radius 1 is 1.41 bits per heavy atom. The number of methoxy groups -OCH3 is 1. The second-order valence-electron chi connectivity index (χ2n) is 5.84. The van der Waals surface area contributed by atoms with E-state index in [0.717, 1.165) is 32.1 Å². The minimum absolute atomic E-state index is 0.00221. The fraction of sp³-hybridized carbons (Fsp3) is 0.923. The molecule has 2 saturated carbocycles. The highest BCUT2D eigenvalue weighted by atomic mass is 16.5. The molecule has 3 N–H and O–H groups in total. The second kappa shape index (κ2) is 4.58. The predicted octanol–water partition coefficient (Wildman–Crippen LogP) is 1.19. The number of hydrogen-bond donors (Lipinski definition) is 2. The summed E-state index contributed by atoms with van der Waals surface area (Å²) in [6.07, 6.45) is 6.21. The number of hydrogen-bond acceptors (Lipinski definition) is 3. The molecule has 0 aromatic carbocycles. The summed E-state index contributed by atoms with van der Waals surface area (Å²) in [5, 5.41) is 3.05. The summed E-state index contributed by atoms with van der Waals surface area (Å²) < 4.78 is 5.50. The Kier molecular flexibility index (Phi) is 3.46. The molecule has 0 heterocycles. The molecule has 1 amide bonds. The van der Waals surface area contributed by atoms with Crippen LogP contribution in [0.4, 0.5) is 0 Å². The van der Waals surface area contributed by atoms with Crippen LogP contribution >= 0.6 is 0 Å². The van der Waals surface area contributed by atoms with Gasteiger partial charge in [-0.15, -0.1) is 0 Å². The van der Waals surface area contributed by atoms with Crippen LogP contribution in [-0.4, -0.2) is 31.2 Å². The topological polar surface area (TPSA) is 64.3 Å². The van der Waals surface area contributed by atoms with Crippen LogP contribution in [-0.2, 0) is 9.53 Å². The molecule has 2 atom stereocenters. The number of ether oxygens (including phenoxy) is 1. The van der Waals surface area contributed by atoms with Crippen molar-refractivity contribution in [2.24, 2.45) is 11.1 Å². The molecule has 4 nitrogen and oxygen atoms in total. The van der Waals surface area contributed by atoms with Crippen molar-refractivity contribution < 1.29 is 9.53 Å². The molecule has 98 valence electrons. The van der Waals surface area contributed by atoms with Crippen LogP contribution in [0.25, 0.3) is 0 Å². The molecule has 2 aliphatic rings. The first-order chi connectivity index (χ1) is 8.02. The van der Waals surface area contributed by atoms with Crippen molar-refractivity contribution in [3.63, 3.8) is 0 Å². The third kappa shape index (κ3) is 2.20. The molecule has 0 radical (unpaired) electrons. The van der Waals surface area contributed by atoms with E-state index < -0.39 is 0 Å². The summed E-state index contributed by atoms with van der Waals surface area (Å²) in [5.74, 6) is 0.103. The SMILES string of the molecule is COC1(CNC(=O)C2(C)CCCC2N)CCC1. The zero-order valence-electron chi connectivity index (χ0n) is 10.9. The Hall–Kier alpha value is -0.610. The zero-order chi connectivity index (χ0) is 12.5. The van der Waals surface area contributed by atoms with Crippen molar-refractivity contribution in [2.45, 2.75) is 57.1 Å². The standard InChI is InChI=1S/C13H24N2O2/c1-12(6-3-5-10(12)14)11(16)15-9-13(17-2)7-4-8-13/h10H,3-9,14H2,1-2H3,(H,15,16). The van der Waals surface area contributed by atoms with Crippen molar-refractivity contribution in [2.75, 3.05) is 13.7 Å². The van der Waals surface area contributed by atoms with Gasteiger partial charge in [0, 0.05) is 19.7 Å². The average molecular weight is 240 g/mol. The van der Waals surface area contributed by atoms with Crippen LogP contribution in [0, 0.1) is 5.41 Å². The number of amides is 1. The number of carbonyl (C=O) groups is 1. The van der Waals surface area contributed by atoms with Crippen LogP contribution < -0.4 is 11.1 Å². The van der Waals surface area contributed by atoms with E-state index in [4.69, 9.17) is 10.5 Å². The maximum Gasteiger partial charge on any atom is 0.227 e. The average Bonchev–Trinajstić information content (AvgIpc) is 2.59. The Labute approximate surface area is 103 Å². The maximum atomic E-state index is 12.2. The number of rotatable bonds is 4. The van der Waals surface area contributed by atoms with E-state index in [1.807, 2.05) is 6.92 Å². The Morgan fingerprint density at radius 2 is 2.12 bits per heavy atom. The Balaban J connectivity index is 1.89. The Morgan fingerprint density at radius 3 is 2.53 bits per heavy atom. The van der Waals surface area contributed by atoms with Crippen molar-refractivity contribution >= 4 is 5.91 Å². The number of nitrogens with two attached hydrogens (primary N) is 1. The molecule has 4 heteroatoms. The minimum atomic E-state index is -0.376. The van der Waals surface area contributed by atoms with E-state index in [2.05, 4.69) is 5.32 Å². The summed E-state index contributed by atoms with van der Waals surface area (Å²) in [7, 11) is 1.73. The van der Waals surface area contributed by atoms with Crippen molar-refractivity contribution in [3.8, 4) is 0 Å². The molecule has 17 heavy (non-hydrogen) atoms.